The molecule has 0 aromatic carbocycles. The van der Waals surface area contributed by atoms with Gasteiger partial charge in [-0.1, -0.05) is 13.3 Å². The van der Waals surface area contributed by atoms with E-state index >= 15 is 0 Å². The molecule has 0 atom stereocenters. The van der Waals surface area contributed by atoms with E-state index in [9.17, 15) is 13.2 Å². The molecular formula is C13H23O5S2+. The third kappa shape index (κ3) is 8.01. The maximum Gasteiger partial charge on any atom is 0.496 e. The fourth-order valence-electron chi connectivity index (χ4n) is 1.82. The summed E-state index contributed by atoms with van der Waals surface area (Å²) in [5, 5.41) is 0.425. The predicted molar refractivity (Wildman–Crippen MR) is 80.5 cm³/mol. The molecule has 0 N–H and O–H groups in total. The highest BCUT2D eigenvalue weighted by atomic mass is 32.2. The first-order valence-corrected chi connectivity index (χ1v) is 9.60. The molecule has 1 aliphatic rings. The Bertz CT molecular complexity index is 420. The van der Waals surface area contributed by atoms with Crippen molar-refractivity contribution in [2.24, 2.45) is 0 Å². The fourth-order valence-corrected chi connectivity index (χ4v) is 3.90. The van der Waals surface area contributed by atoms with E-state index in [1.165, 1.54) is 11.8 Å². The first-order valence-electron chi connectivity index (χ1n) is 7.03. The van der Waals surface area contributed by atoms with Gasteiger partial charge in [-0.15, -0.1) is 12.3 Å². The second kappa shape index (κ2) is 9.52. The van der Waals surface area contributed by atoms with Crippen molar-refractivity contribution in [2.75, 3.05) is 24.7 Å². The number of rotatable bonds is 9. The van der Waals surface area contributed by atoms with E-state index in [0.29, 0.717) is 31.0 Å². The van der Waals surface area contributed by atoms with Crippen LogP contribution in [-0.4, -0.2) is 44.0 Å². The lowest BCUT2D eigenvalue weighted by Gasteiger charge is -2.04. The molecule has 20 heavy (non-hydrogen) atoms. The number of hydrogen-bond acceptors (Lipinski definition) is 5. The number of unbranched alkanes of at least 4 members (excludes halogenated alkanes) is 2. The largest absolute Gasteiger partial charge is 0.496 e. The number of hydrogen-bond donors (Lipinski definition) is 0. The highest BCUT2D eigenvalue weighted by Gasteiger charge is 2.27. The van der Waals surface area contributed by atoms with Crippen molar-refractivity contribution >= 4 is 32.8 Å². The van der Waals surface area contributed by atoms with E-state index in [0.717, 1.165) is 25.0 Å². The van der Waals surface area contributed by atoms with Gasteiger partial charge in [-0.2, -0.15) is 0 Å². The van der Waals surface area contributed by atoms with Crippen LogP contribution in [0.1, 0.15) is 45.4 Å². The number of ketones is 1. The van der Waals surface area contributed by atoms with Crippen molar-refractivity contribution in [3.8, 4) is 0 Å². The fraction of sp³-hybridized carbons (Fsp3) is 0.846. The normalized spacial score (nSPS) is 18.4. The molecule has 0 spiro atoms. The Labute approximate surface area is 125 Å². The maximum absolute atomic E-state index is 11.7. The molecule has 0 aromatic rings. The lowest BCUT2D eigenvalue weighted by atomic mass is 10.1. The molecule has 1 saturated heterocycles. The van der Waals surface area contributed by atoms with Crippen LogP contribution < -0.4 is 0 Å². The highest BCUT2D eigenvalue weighted by molar-refractivity contribution is 8.14. The molecule has 0 aromatic heterocycles. The minimum Gasteiger partial charge on any atom is -0.366 e. The van der Waals surface area contributed by atoms with Crippen LogP contribution in [0.5, 0.6) is 0 Å². The molecule has 5 nitrogen and oxygen atoms in total. The molecule has 0 saturated carbocycles. The number of carbonyl (C=O) groups is 1. The Morgan fingerprint density at radius 1 is 1.30 bits per heavy atom. The maximum atomic E-state index is 11.7. The Morgan fingerprint density at radius 2 is 2.10 bits per heavy atom. The van der Waals surface area contributed by atoms with Gasteiger partial charge in [0.2, 0.25) is 0 Å². The van der Waals surface area contributed by atoms with Gasteiger partial charge in [0.1, 0.15) is 11.5 Å². The van der Waals surface area contributed by atoms with Crippen molar-refractivity contribution in [3.63, 3.8) is 0 Å². The van der Waals surface area contributed by atoms with Crippen LogP contribution in [-0.2, 0) is 23.5 Å². The molecule has 0 aliphatic carbocycles. The monoisotopic (exact) mass is 323 g/mol. The third-order valence-corrected chi connectivity index (χ3v) is 5.05. The highest BCUT2D eigenvalue weighted by Crippen LogP contribution is 2.11. The zero-order valence-corrected chi connectivity index (χ0v) is 13.6. The van der Waals surface area contributed by atoms with Crippen molar-refractivity contribution in [1.29, 1.82) is 0 Å². The van der Waals surface area contributed by atoms with Crippen LogP contribution in [0, 0.1) is 0 Å². The minimum atomic E-state index is -3.51. The molecule has 1 aliphatic heterocycles. The van der Waals surface area contributed by atoms with Crippen molar-refractivity contribution in [1.82, 2.24) is 0 Å². The van der Waals surface area contributed by atoms with E-state index in [1.807, 2.05) is 6.92 Å². The average Bonchev–Trinajstić information content (AvgIpc) is 2.39. The quantitative estimate of drug-likeness (QED) is 0.480. The molecule has 1 fully saturated rings. The predicted octanol–water partition coefficient (Wildman–Crippen LogP) is 2.07. The number of Topliss-reactive ketones (excluding diaryl/α,β-unsaturated/α-hetero) is 1. The second-order valence-corrected chi connectivity index (χ2v) is 7.56. The van der Waals surface area contributed by atoms with Crippen molar-refractivity contribution < 1.29 is 21.8 Å². The zero-order valence-electron chi connectivity index (χ0n) is 11.9. The Morgan fingerprint density at radius 3 is 2.75 bits per heavy atom. The SMILES string of the molecule is CCCC(=O)CCCCCS(=O)(=O)[O+]=C1COCCS1. The molecular weight excluding hydrogens is 300 g/mol. The van der Waals surface area contributed by atoms with Gasteiger partial charge in [0.25, 0.3) is 0 Å². The van der Waals surface area contributed by atoms with Crippen molar-refractivity contribution in [3.05, 3.63) is 0 Å². The smallest absolute Gasteiger partial charge is 0.366 e. The summed E-state index contributed by atoms with van der Waals surface area (Å²) >= 11 is 1.39. The summed E-state index contributed by atoms with van der Waals surface area (Å²) in [6, 6.07) is 0. The Hall–Kier alpha value is -0.400. The number of ether oxygens (including phenoxy) is 1. The summed E-state index contributed by atoms with van der Waals surface area (Å²) in [6.45, 7) is 2.85. The molecule has 116 valence electrons. The minimum absolute atomic E-state index is 0.000964. The summed E-state index contributed by atoms with van der Waals surface area (Å²) in [7, 11) is -3.51. The average molecular weight is 323 g/mol. The molecule has 0 amide bonds. The molecule has 7 heteroatoms. The van der Waals surface area contributed by atoms with Gasteiger partial charge in [-0.25, -0.2) is 0 Å². The number of thioether (sulfide) groups is 1. The topological polar surface area (TPSA) is 71.7 Å². The summed E-state index contributed by atoms with van der Waals surface area (Å²) in [5.74, 6) is 0.988. The molecule has 1 heterocycles. The zero-order chi connectivity index (χ0) is 14.8. The standard InChI is InChI=1S/C13H23O5S2/c1-2-6-12(14)7-4-3-5-10-20(15,16)18-13-11-17-8-9-19-13/h2-11H2,1H3/q+1. The van der Waals surface area contributed by atoms with Crippen LogP contribution in [0.25, 0.3) is 0 Å². The Balaban J connectivity index is 2.21. The van der Waals surface area contributed by atoms with Gasteiger partial charge in [0.05, 0.1) is 6.61 Å². The van der Waals surface area contributed by atoms with E-state index in [4.69, 9.17) is 8.61 Å². The first kappa shape index (κ1) is 17.7. The molecule has 0 unspecified atom stereocenters. The molecule has 1 rings (SSSR count). The summed E-state index contributed by atoms with van der Waals surface area (Å²) in [4.78, 5) is 11.3. The van der Waals surface area contributed by atoms with E-state index in [1.54, 1.807) is 0 Å². The van der Waals surface area contributed by atoms with Gasteiger partial charge in [-0.3, -0.25) is 4.79 Å². The first-order chi connectivity index (χ1) is 9.53. The van der Waals surface area contributed by atoms with Crippen LogP contribution in [0.15, 0.2) is 0 Å². The van der Waals surface area contributed by atoms with Gasteiger partial charge in [0.15, 0.2) is 6.61 Å². The van der Waals surface area contributed by atoms with E-state index in [2.05, 4.69) is 0 Å². The van der Waals surface area contributed by atoms with E-state index < -0.39 is 10.1 Å². The summed E-state index contributed by atoms with van der Waals surface area (Å²) in [5.41, 5.74) is 0. The third-order valence-electron chi connectivity index (χ3n) is 2.81. The number of carbonyl (C=O) groups excluding carboxylic acids is 2. The van der Waals surface area contributed by atoms with E-state index in [-0.39, 0.29) is 18.1 Å². The van der Waals surface area contributed by atoms with Crippen LogP contribution >= 0.6 is 11.8 Å². The van der Waals surface area contributed by atoms with Gasteiger partial charge in [-0.05, 0) is 31.0 Å². The van der Waals surface area contributed by atoms with Gasteiger partial charge in [0, 0.05) is 18.6 Å². The van der Waals surface area contributed by atoms with Crippen LogP contribution in [0.3, 0.4) is 0 Å². The summed E-state index contributed by atoms with van der Waals surface area (Å²) < 4.78 is 33.6. The molecule has 0 bridgehead atoms. The van der Waals surface area contributed by atoms with Crippen LogP contribution in [0.2, 0.25) is 0 Å². The Kier molecular flexibility index (Phi) is 8.40. The second-order valence-electron chi connectivity index (χ2n) is 4.72. The lowest BCUT2D eigenvalue weighted by molar-refractivity contribution is -0.267. The van der Waals surface area contributed by atoms with Crippen LogP contribution in [0.4, 0.5) is 0 Å². The van der Waals surface area contributed by atoms with Gasteiger partial charge < -0.3 is 4.74 Å². The molecule has 0 radical (unpaired) electrons. The van der Waals surface area contributed by atoms with Crippen molar-refractivity contribution in [2.45, 2.75) is 45.4 Å². The van der Waals surface area contributed by atoms with Gasteiger partial charge >= 0.3 is 15.2 Å². The summed E-state index contributed by atoms with van der Waals surface area (Å²) in [6.07, 6.45) is 4.06. The lowest BCUT2D eigenvalue weighted by Crippen LogP contribution is -2.20.